The zero-order chi connectivity index (χ0) is 45.2. The minimum atomic E-state index is -0.807. The zero-order valence-corrected chi connectivity index (χ0v) is 40.5. The number of carbonyl (C=O) groups excluding carboxylic acids is 2. The molecule has 0 radical (unpaired) electrons. The predicted octanol–water partition coefficient (Wildman–Crippen LogP) is 15.6. The minimum absolute atomic E-state index is 0.0375. The van der Waals surface area contributed by atoms with Crippen LogP contribution in [0.15, 0.2) is 85.1 Å². The van der Waals surface area contributed by atoms with Crippen LogP contribution in [0.25, 0.3) is 0 Å². The van der Waals surface area contributed by atoms with E-state index in [1.807, 2.05) is 12.2 Å². The van der Waals surface area contributed by atoms with E-state index in [0.717, 1.165) is 103 Å². The van der Waals surface area contributed by atoms with E-state index in [1.165, 1.54) is 83.5 Å². The summed E-state index contributed by atoms with van der Waals surface area (Å²) < 4.78 is 5.89. The highest BCUT2D eigenvalue weighted by molar-refractivity contribution is 5.77. The second kappa shape index (κ2) is 49.1. The first-order valence-corrected chi connectivity index (χ1v) is 25.8. The van der Waals surface area contributed by atoms with Crippen molar-refractivity contribution in [2.24, 2.45) is 0 Å². The predicted molar refractivity (Wildman–Crippen MR) is 268 cm³/mol. The fourth-order valence-corrected chi connectivity index (χ4v) is 7.42. The highest BCUT2D eigenvalue weighted by Gasteiger charge is 2.24. The number of ether oxygens (including phenoxy) is 1. The molecule has 62 heavy (non-hydrogen) atoms. The first kappa shape index (κ1) is 59.0. The first-order valence-electron chi connectivity index (χ1n) is 25.8. The van der Waals surface area contributed by atoms with E-state index in [1.54, 1.807) is 0 Å². The van der Waals surface area contributed by atoms with Crippen LogP contribution in [0.2, 0.25) is 0 Å². The SMILES string of the molecule is CC/C=C/C=C/C=C\CCCCCC(CC(=O)NC(CO)C(O)CCCCCCCCCCCCCCCCCC)OC(=O)CCCCC/C=C/C/C=C/C/C=C/C/C=C/CC. The summed E-state index contributed by atoms with van der Waals surface area (Å²) in [5.41, 5.74) is 0. The van der Waals surface area contributed by atoms with Gasteiger partial charge in [-0.3, -0.25) is 9.59 Å². The second-order valence-corrected chi connectivity index (χ2v) is 17.2. The van der Waals surface area contributed by atoms with Gasteiger partial charge in [0.15, 0.2) is 0 Å². The molecule has 0 fully saturated rings. The molecular weight excluding hydrogens is 767 g/mol. The van der Waals surface area contributed by atoms with Crippen molar-refractivity contribution in [2.75, 3.05) is 6.61 Å². The molecule has 356 valence electrons. The Labute approximate surface area is 383 Å². The van der Waals surface area contributed by atoms with Gasteiger partial charge in [-0.2, -0.15) is 0 Å². The number of rotatable bonds is 45. The van der Waals surface area contributed by atoms with Gasteiger partial charge in [0.25, 0.3) is 0 Å². The highest BCUT2D eigenvalue weighted by atomic mass is 16.5. The lowest BCUT2D eigenvalue weighted by Crippen LogP contribution is -2.46. The molecule has 0 aliphatic rings. The summed E-state index contributed by atoms with van der Waals surface area (Å²) in [7, 11) is 0. The van der Waals surface area contributed by atoms with Crippen LogP contribution in [0, 0.1) is 0 Å². The average Bonchev–Trinajstić information content (AvgIpc) is 3.26. The normalized spacial score (nSPS) is 14.0. The fourth-order valence-electron chi connectivity index (χ4n) is 7.42. The van der Waals surface area contributed by atoms with Crippen molar-refractivity contribution in [2.45, 2.75) is 251 Å². The molecule has 3 atom stereocenters. The smallest absolute Gasteiger partial charge is 0.306 e. The molecule has 1 amide bonds. The van der Waals surface area contributed by atoms with Gasteiger partial charge in [-0.25, -0.2) is 0 Å². The summed E-state index contributed by atoms with van der Waals surface area (Å²) in [5, 5.41) is 23.8. The van der Waals surface area contributed by atoms with Gasteiger partial charge in [0.1, 0.15) is 6.10 Å². The van der Waals surface area contributed by atoms with Crippen LogP contribution in [-0.4, -0.2) is 46.9 Å². The molecule has 3 unspecified atom stereocenters. The maximum absolute atomic E-state index is 13.2. The van der Waals surface area contributed by atoms with Crippen LogP contribution < -0.4 is 5.32 Å². The maximum atomic E-state index is 13.2. The largest absolute Gasteiger partial charge is 0.462 e. The Kier molecular flexibility index (Phi) is 46.7. The van der Waals surface area contributed by atoms with Crippen molar-refractivity contribution in [3.8, 4) is 0 Å². The van der Waals surface area contributed by atoms with Gasteiger partial charge in [0.05, 0.1) is 25.2 Å². The molecule has 6 nitrogen and oxygen atoms in total. The van der Waals surface area contributed by atoms with Gasteiger partial charge in [0, 0.05) is 6.42 Å². The van der Waals surface area contributed by atoms with Crippen LogP contribution in [0.5, 0.6) is 0 Å². The Morgan fingerprint density at radius 2 is 0.952 bits per heavy atom. The topological polar surface area (TPSA) is 95.9 Å². The third-order valence-corrected chi connectivity index (χ3v) is 11.3. The summed E-state index contributed by atoms with van der Waals surface area (Å²) in [4.78, 5) is 26.1. The summed E-state index contributed by atoms with van der Waals surface area (Å²) in [6, 6.07) is -0.723. The Bertz CT molecular complexity index is 1200. The standard InChI is InChI=1S/C56H97NO5/c1-4-7-10-13-16-19-22-24-26-28-30-33-36-39-42-45-48-54(59)53(51-58)57-55(60)50-52(47-44-41-38-35-32-21-18-15-12-9-6-3)62-56(61)49-46-43-40-37-34-31-29-27-25-23-20-17-14-11-8-5-2/h8-9,11-12,15,17-18,20-21,25,27,31-32,34,52-54,58-59H,4-7,10,13-14,16,19,22-24,26,28-30,33,35-51H2,1-3H3,(H,57,60)/b11-8+,12-9+,18-15+,20-17+,27-25+,32-21-,34-31+. The van der Waals surface area contributed by atoms with Gasteiger partial charge in [0.2, 0.25) is 5.91 Å². The van der Waals surface area contributed by atoms with Crippen molar-refractivity contribution in [3.05, 3.63) is 85.1 Å². The molecule has 0 saturated carbocycles. The Morgan fingerprint density at radius 3 is 1.50 bits per heavy atom. The molecule has 0 aliphatic heterocycles. The first-order chi connectivity index (χ1) is 30.5. The molecular formula is C56H97NO5. The van der Waals surface area contributed by atoms with E-state index in [4.69, 9.17) is 4.74 Å². The van der Waals surface area contributed by atoms with Crippen molar-refractivity contribution in [1.29, 1.82) is 0 Å². The third kappa shape index (κ3) is 43.7. The van der Waals surface area contributed by atoms with Crippen molar-refractivity contribution in [3.63, 3.8) is 0 Å². The van der Waals surface area contributed by atoms with E-state index in [2.05, 4.69) is 99.0 Å². The number of nitrogens with one attached hydrogen (secondary N) is 1. The molecule has 0 rings (SSSR count). The number of amides is 1. The summed E-state index contributed by atoms with van der Waals surface area (Å²) >= 11 is 0. The monoisotopic (exact) mass is 864 g/mol. The molecule has 0 heterocycles. The number of esters is 1. The Morgan fingerprint density at radius 1 is 0.500 bits per heavy atom. The third-order valence-electron chi connectivity index (χ3n) is 11.3. The molecule has 0 aromatic carbocycles. The van der Waals surface area contributed by atoms with Gasteiger partial charge < -0.3 is 20.3 Å². The zero-order valence-electron chi connectivity index (χ0n) is 40.5. The fraction of sp³-hybridized carbons (Fsp3) is 0.714. The highest BCUT2D eigenvalue weighted by Crippen LogP contribution is 2.17. The van der Waals surface area contributed by atoms with Crippen molar-refractivity contribution in [1.82, 2.24) is 5.32 Å². The Balaban J connectivity index is 4.59. The van der Waals surface area contributed by atoms with Gasteiger partial charge in [-0.05, 0) is 83.5 Å². The molecule has 6 heteroatoms. The maximum Gasteiger partial charge on any atom is 0.306 e. The van der Waals surface area contributed by atoms with Crippen LogP contribution in [-0.2, 0) is 14.3 Å². The van der Waals surface area contributed by atoms with Crippen LogP contribution in [0.4, 0.5) is 0 Å². The molecule has 0 aliphatic carbocycles. The number of aliphatic hydroxyl groups is 2. The summed E-state index contributed by atoms with van der Waals surface area (Å²) in [6.45, 7) is 6.22. The molecule has 0 bridgehead atoms. The van der Waals surface area contributed by atoms with E-state index >= 15 is 0 Å². The molecule has 0 saturated heterocycles. The molecule has 0 aromatic rings. The molecule has 0 spiro atoms. The summed E-state index contributed by atoms with van der Waals surface area (Å²) in [5.74, 6) is -0.550. The number of allylic oxidation sites excluding steroid dienone is 14. The Hall–Kier alpha value is -2.96. The number of carbonyl (C=O) groups is 2. The van der Waals surface area contributed by atoms with E-state index < -0.39 is 18.2 Å². The minimum Gasteiger partial charge on any atom is -0.462 e. The quantitative estimate of drug-likeness (QED) is 0.0245. The van der Waals surface area contributed by atoms with E-state index in [0.29, 0.717) is 19.3 Å². The number of aliphatic hydroxyl groups excluding tert-OH is 2. The lowest BCUT2D eigenvalue weighted by Gasteiger charge is -2.24. The summed E-state index contributed by atoms with van der Waals surface area (Å²) in [6.07, 6.45) is 63.6. The number of hydrogen-bond donors (Lipinski definition) is 3. The van der Waals surface area contributed by atoms with Crippen LogP contribution >= 0.6 is 0 Å². The van der Waals surface area contributed by atoms with E-state index in [9.17, 15) is 19.8 Å². The van der Waals surface area contributed by atoms with Crippen LogP contribution in [0.1, 0.15) is 233 Å². The van der Waals surface area contributed by atoms with Gasteiger partial charge >= 0.3 is 5.97 Å². The van der Waals surface area contributed by atoms with E-state index in [-0.39, 0.29) is 24.9 Å². The number of hydrogen-bond acceptors (Lipinski definition) is 5. The lowest BCUT2D eigenvalue weighted by molar-refractivity contribution is -0.151. The van der Waals surface area contributed by atoms with Crippen molar-refractivity contribution < 1.29 is 24.5 Å². The lowest BCUT2D eigenvalue weighted by atomic mass is 10.0. The average molecular weight is 864 g/mol. The van der Waals surface area contributed by atoms with Crippen molar-refractivity contribution >= 4 is 11.9 Å². The number of unbranched alkanes of at least 4 members (excludes halogenated alkanes) is 21. The molecule has 3 N–H and O–H groups in total. The van der Waals surface area contributed by atoms with Gasteiger partial charge in [-0.15, -0.1) is 0 Å². The van der Waals surface area contributed by atoms with Crippen LogP contribution in [0.3, 0.4) is 0 Å². The molecule has 0 aromatic heterocycles. The second-order valence-electron chi connectivity index (χ2n) is 17.2. The van der Waals surface area contributed by atoms with Gasteiger partial charge in [-0.1, -0.05) is 221 Å².